The fourth-order valence-electron chi connectivity index (χ4n) is 4.14. The zero-order valence-corrected chi connectivity index (χ0v) is 17.7. The lowest BCUT2D eigenvalue weighted by Crippen LogP contribution is -2.49. The monoisotopic (exact) mass is 408 g/mol. The van der Waals surface area contributed by atoms with E-state index in [2.05, 4.69) is 33.1 Å². The molecule has 0 saturated carbocycles. The Morgan fingerprint density at radius 2 is 1.83 bits per heavy atom. The number of carbonyl (C=O) groups excluding carboxylic acids is 1. The number of aromatic nitrogens is 1. The van der Waals surface area contributed by atoms with Gasteiger partial charge in [-0.2, -0.15) is 0 Å². The van der Waals surface area contributed by atoms with Crippen LogP contribution in [0.4, 0.5) is 4.39 Å². The molecule has 0 aliphatic carbocycles. The molecule has 6 heteroatoms. The van der Waals surface area contributed by atoms with Gasteiger partial charge in [-0.25, -0.2) is 4.39 Å². The Hall–Kier alpha value is -2.70. The largest absolute Gasteiger partial charge is 0.354 e. The van der Waals surface area contributed by atoms with Crippen molar-refractivity contribution in [1.29, 1.82) is 0 Å². The number of fused-ring (bicyclic) bond motifs is 1. The number of nitrogens with zero attached hydrogens (tertiary/aromatic N) is 2. The molecule has 2 heterocycles. The van der Waals surface area contributed by atoms with Gasteiger partial charge in [-0.3, -0.25) is 9.69 Å². The molecule has 5 nitrogen and oxygen atoms in total. The van der Waals surface area contributed by atoms with Gasteiger partial charge in [0.05, 0.1) is 12.2 Å². The number of carbonyl (C=O) groups is 1. The van der Waals surface area contributed by atoms with Crippen molar-refractivity contribution in [3.63, 3.8) is 0 Å². The highest BCUT2D eigenvalue weighted by Gasteiger charge is 2.18. The fourth-order valence-corrected chi connectivity index (χ4v) is 4.14. The van der Waals surface area contributed by atoms with E-state index >= 15 is 0 Å². The molecule has 30 heavy (non-hydrogen) atoms. The number of nitrogens with one attached hydrogen (secondary N) is 2. The number of benzene rings is 2. The first-order valence-electron chi connectivity index (χ1n) is 10.6. The van der Waals surface area contributed by atoms with Gasteiger partial charge in [0.1, 0.15) is 5.82 Å². The molecule has 2 N–H and O–H groups in total. The molecule has 1 fully saturated rings. The molecule has 0 spiro atoms. The van der Waals surface area contributed by atoms with Crippen LogP contribution < -0.4 is 5.32 Å². The Bertz CT molecular complexity index is 1040. The Morgan fingerprint density at radius 3 is 2.57 bits per heavy atom. The summed E-state index contributed by atoms with van der Waals surface area (Å²) < 4.78 is 14.2. The second kappa shape index (κ2) is 8.98. The summed E-state index contributed by atoms with van der Waals surface area (Å²) in [7, 11) is 0. The highest BCUT2D eigenvalue weighted by atomic mass is 19.1. The number of amides is 1. The smallest absolute Gasteiger partial charge is 0.234 e. The van der Waals surface area contributed by atoms with Gasteiger partial charge in [0, 0.05) is 49.2 Å². The van der Waals surface area contributed by atoms with Crippen LogP contribution in [0.1, 0.15) is 18.1 Å². The van der Waals surface area contributed by atoms with Crippen molar-refractivity contribution in [1.82, 2.24) is 20.1 Å². The third kappa shape index (κ3) is 4.40. The van der Waals surface area contributed by atoms with E-state index in [1.165, 1.54) is 6.07 Å². The summed E-state index contributed by atoms with van der Waals surface area (Å²) >= 11 is 0. The number of halogens is 1. The Morgan fingerprint density at radius 1 is 1.10 bits per heavy atom. The summed E-state index contributed by atoms with van der Waals surface area (Å²) in [5.41, 5.74) is 4.39. The van der Waals surface area contributed by atoms with Crippen LogP contribution in [0.2, 0.25) is 0 Å². The van der Waals surface area contributed by atoms with Gasteiger partial charge >= 0.3 is 0 Å². The molecule has 4 rings (SSSR count). The number of aryl methyl sites for hydroxylation is 1. The van der Waals surface area contributed by atoms with Crippen LogP contribution in [0.15, 0.2) is 42.5 Å². The van der Waals surface area contributed by atoms with Crippen LogP contribution in [0.25, 0.3) is 22.2 Å². The summed E-state index contributed by atoms with van der Waals surface area (Å²) in [6.07, 6.45) is 0. The van der Waals surface area contributed by atoms with E-state index in [0.717, 1.165) is 60.4 Å². The summed E-state index contributed by atoms with van der Waals surface area (Å²) in [4.78, 5) is 20.3. The van der Waals surface area contributed by atoms with Crippen molar-refractivity contribution in [2.45, 2.75) is 20.4 Å². The molecular weight excluding hydrogens is 379 g/mol. The maximum atomic E-state index is 14.2. The normalized spacial score (nSPS) is 15.6. The topological polar surface area (TPSA) is 51.4 Å². The Balaban J connectivity index is 1.41. The Kier molecular flexibility index (Phi) is 6.16. The maximum Gasteiger partial charge on any atom is 0.234 e. The van der Waals surface area contributed by atoms with Crippen molar-refractivity contribution in [2.75, 3.05) is 39.3 Å². The quantitative estimate of drug-likeness (QED) is 0.656. The number of likely N-dealkylation sites (N-methyl/N-ethyl adjacent to an activating group) is 1. The average molecular weight is 409 g/mol. The van der Waals surface area contributed by atoms with E-state index in [1.807, 2.05) is 25.1 Å². The lowest BCUT2D eigenvalue weighted by molar-refractivity contribution is -0.122. The van der Waals surface area contributed by atoms with Crippen molar-refractivity contribution in [3.8, 4) is 11.3 Å². The highest BCUT2D eigenvalue weighted by Crippen LogP contribution is 2.31. The number of H-pyrrole nitrogens is 1. The van der Waals surface area contributed by atoms with Crippen molar-refractivity contribution in [3.05, 3.63) is 59.4 Å². The second-order valence-corrected chi connectivity index (χ2v) is 7.97. The van der Waals surface area contributed by atoms with E-state index in [-0.39, 0.29) is 11.7 Å². The van der Waals surface area contributed by atoms with Crippen molar-refractivity contribution >= 4 is 16.8 Å². The van der Waals surface area contributed by atoms with E-state index in [0.29, 0.717) is 18.7 Å². The zero-order chi connectivity index (χ0) is 21.1. The standard InChI is InChI=1S/C24H29FN4O/c1-3-28-10-12-29(13-11-28)16-23(30)26-15-18-8-9-22-20(14-18)17(2)24(27-22)19-6-4-5-7-21(19)25/h4-9,14,27H,3,10-13,15-16H2,1-2H3,(H,26,30). The number of piperazine rings is 1. The average Bonchev–Trinajstić information content (AvgIpc) is 3.09. The van der Waals surface area contributed by atoms with Crippen LogP contribution in [-0.2, 0) is 11.3 Å². The van der Waals surface area contributed by atoms with Crippen molar-refractivity contribution in [2.24, 2.45) is 0 Å². The van der Waals surface area contributed by atoms with Gasteiger partial charge in [0.2, 0.25) is 5.91 Å². The first kappa shape index (κ1) is 20.6. The zero-order valence-electron chi connectivity index (χ0n) is 17.7. The second-order valence-electron chi connectivity index (χ2n) is 7.97. The molecule has 3 aromatic rings. The summed E-state index contributed by atoms with van der Waals surface area (Å²) in [5, 5.41) is 4.09. The molecule has 0 bridgehead atoms. The molecule has 1 aliphatic rings. The number of hydrogen-bond acceptors (Lipinski definition) is 3. The third-order valence-electron chi connectivity index (χ3n) is 6.03. The minimum atomic E-state index is -0.237. The lowest BCUT2D eigenvalue weighted by Gasteiger charge is -2.33. The lowest BCUT2D eigenvalue weighted by atomic mass is 10.0. The highest BCUT2D eigenvalue weighted by molar-refractivity contribution is 5.91. The molecule has 0 unspecified atom stereocenters. The summed E-state index contributed by atoms with van der Waals surface area (Å²) in [5.74, 6) is -0.183. The van der Waals surface area contributed by atoms with Gasteiger partial charge in [-0.05, 0) is 48.9 Å². The Labute approximate surface area is 176 Å². The summed E-state index contributed by atoms with van der Waals surface area (Å²) in [6, 6.07) is 12.9. The molecule has 1 amide bonds. The van der Waals surface area contributed by atoms with Crippen LogP contribution in [0, 0.1) is 12.7 Å². The van der Waals surface area contributed by atoms with E-state index < -0.39 is 0 Å². The molecule has 1 saturated heterocycles. The van der Waals surface area contributed by atoms with Crippen LogP contribution in [-0.4, -0.2) is 60.0 Å². The molecule has 1 aliphatic heterocycles. The van der Waals surface area contributed by atoms with Gasteiger partial charge in [0.25, 0.3) is 0 Å². The predicted molar refractivity (Wildman–Crippen MR) is 119 cm³/mol. The number of aromatic amines is 1. The number of rotatable bonds is 6. The molecule has 0 atom stereocenters. The predicted octanol–water partition coefficient (Wildman–Crippen LogP) is 3.54. The third-order valence-corrected chi connectivity index (χ3v) is 6.03. The molecular formula is C24H29FN4O. The van der Waals surface area contributed by atoms with Gasteiger partial charge < -0.3 is 15.2 Å². The van der Waals surface area contributed by atoms with Gasteiger partial charge in [-0.1, -0.05) is 25.1 Å². The van der Waals surface area contributed by atoms with Crippen LogP contribution in [0.5, 0.6) is 0 Å². The molecule has 0 radical (unpaired) electrons. The molecule has 1 aromatic heterocycles. The van der Waals surface area contributed by atoms with Crippen LogP contribution >= 0.6 is 0 Å². The first-order chi connectivity index (χ1) is 14.5. The summed E-state index contributed by atoms with van der Waals surface area (Å²) in [6.45, 7) is 10.1. The SMILES string of the molecule is CCN1CCN(CC(=O)NCc2ccc3[nH]c(-c4ccccc4F)c(C)c3c2)CC1. The van der Waals surface area contributed by atoms with Gasteiger partial charge in [0.15, 0.2) is 0 Å². The fraction of sp³-hybridized carbons (Fsp3) is 0.375. The first-order valence-corrected chi connectivity index (χ1v) is 10.6. The van der Waals surface area contributed by atoms with Crippen LogP contribution in [0.3, 0.4) is 0 Å². The van der Waals surface area contributed by atoms with E-state index in [4.69, 9.17) is 0 Å². The van der Waals surface area contributed by atoms with Gasteiger partial charge in [-0.15, -0.1) is 0 Å². The van der Waals surface area contributed by atoms with E-state index in [1.54, 1.807) is 12.1 Å². The minimum Gasteiger partial charge on any atom is -0.354 e. The molecule has 158 valence electrons. The minimum absolute atomic E-state index is 0.0536. The molecule has 2 aromatic carbocycles. The maximum absolute atomic E-state index is 14.2. The van der Waals surface area contributed by atoms with E-state index in [9.17, 15) is 9.18 Å². The number of hydrogen-bond donors (Lipinski definition) is 2. The van der Waals surface area contributed by atoms with Crippen molar-refractivity contribution < 1.29 is 9.18 Å².